The second kappa shape index (κ2) is 10.4. The molecule has 2 aliphatic rings. The van der Waals surface area contributed by atoms with E-state index in [9.17, 15) is 14.0 Å². The van der Waals surface area contributed by atoms with Crippen molar-refractivity contribution in [2.75, 3.05) is 31.1 Å². The number of carboxylic acid groups (broad SMARTS) is 1. The van der Waals surface area contributed by atoms with E-state index >= 15 is 0 Å². The number of halogens is 1. The van der Waals surface area contributed by atoms with Crippen molar-refractivity contribution in [3.05, 3.63) is 29.6 Å². The summed E-state index contributed by atoms with van der Waals surface area (Å²) in [5.41, 5.74) is 6.32. The van der Waals surface area contributed by atoms with E-state index in [1.54, 1.807) is 25.1 Å². The number of nitrogens with two attached hydrogens (primary N) is 1. The lowest BCUT2D eigenvalue weighted by atomic mass is 10.0. The third-order valence-electron chi connectivity index (χ3n) is 5.77. The molecule has 0 bridgehead atoms. The van der Waals surface area contributed by atoms with Crippen LogP contribution < -0.4 is 16.0 Å². The molecule has 4 N–H and O–H groups in total. The predicted molar refractivity (Wildman–Crippen MR) is 114 cm³/mol. The average molecular weight is 436 g/mol. The van der Waals surface area contributed by atoms with Gasteiger partial charge in [-0.15, -0.1) is 0 Å². The summed E-state index contributed by atoms with van der Waals surface area (Å²) < 4.78 is 21.2. The van der Waals surface area contributed by atoms with E-state index in [1.165, 1.54) is 0 Å². The molecular formula is C21H30FN5O4. The first-order valence-corrected chi connectivity index (χ1v) is 10.6. The summed E-state index contributed by atoms with van der Waals surface area (Å²) in [5, 5.41) is 10.6. The number of rotatable bonds is 5. The maximum atomic E-state index is 15.0. The monoisotopic (exact) mass is 435 g/mol. The van der Waals surface area contributed by atoms with Gasteiger partial charge in [-0.2, -0.15) is 0 Å². The van der Waals surface area contributed by atoms with Gasteiger partial charge in [-0.3, -0.25) is 10.1 Å². The van der Waals surface area contributed by atoms with Crippen LogP contribution in [0.25, 0.3) is 0 Å². The van der Waals surface area contributed by atoms with E-state index in [0.717, 1.165) is 38.8 Å². The van der Waals surface area contributed by atoms with Gasteiger partial charge in [-0.1, -0.05) is 12.1 Å². The Labute approximate surface area is 181 Å². The van der Waals surface area contributed by atoms with E-state index < -0.39 is 6.09 Å². The SMILES string of the molecule is CC(=O)N1CCC(OC2CCN(c3cccc(CN=C(N)NC(=O)O)c3F)CC2)CC1. The van der Waals surface area contributed by atoms with E-state index in [0.29, 0.717) is 24.3 Å². The molecule has 0 saturated carbocycles. The topological polar surface area (TPSA) is 120 Å². The Hall–Kier alpha value is -2.88. The maximum Gasteiger partial charge on any atom is 0.411 e. The first-order chi connectivity index (χ1) is 14.8. The summed E-state index contributed by atoms with van der Waals surface area (Å²) in [6, 6.07) is 5.11. The number of nitrogens with zero attached hydrogens (tertiary/aromatic N) is 3. The molecule has 0 aliphatic carbocycles. The molecule has 1 aromatic rings. The Morgan fingerprint density at radius 3 is 2.39 bits per heavy atom. The minimum absolute atomic E-state index is 0.0513. The summed E-state index contributed by atoms with van der Waals surface area (Å²) in [6.07, 6.45) is 2.34. The summed E-state index contributed by atoms with van der Waals surface area (Å²) in [7, 11) is 0. The third-order valence-corrected chi connectivity index (χ3v) is 5.77. The van der Waals surface area contributed by atoms with Crippen LogP contribution in [0.5, 0.6) is 0 Å². The van der Waals surface area contributed by atoms with Crippen LogP contribution in [-0.4, -0.2) is 66.4 Å². The molecule has 2 saturated heterocycles. The number of anilines is 1. The zero-order valence-corrected chi connectivity index (χ0v) is 17.7. The van der Waals surface area contributed by atoms with Gasteiger partial charge in [-0.25, -0.2) is 14.2 Å². The lowest BCUT2D eigenvalue weighted by molar-refractivity contribution is -0.132. The highest BCUT2D eigenvalue weighted by atomic mass is 19.1. The van der Waals surface area contributed by atoms with Gasteiger partial charge in [0.2, 0.25) is 5.91 Å². The van der Waals surface area contributed by atoms with Crippen LogP contribution in [0.3, 0.4) is 0 Å². The highest BCUT2D eigenvalue weighted by Gasteiger charge is 2.27. The largest absolute Gasteiger partial charge is 0.465 e. The number of piperidine rings is 2. The number of likely N-dealkylation sites (tertiary alicyclic amines) is 1. The number of nitrogens with one attached hydrogen (secondary N) is 1. The molecule has 31 heavy (non-hydrogen) atoms. The quantitative estimate of drug-likeness (QED) is 0.480. The van der Waals surface area contributed by atoms with Gasteiger partial charge < -0.3 is 25.4 Å². The lowest BCUT2D eigenvalue weighted by Crippen LogP contribution is -2.43. The summed E-state index contributed by atoms with van der Waals surface area (Å²) >= 11 is 0. The Kier molecular flexibility index (Phi) is 7.67. The molecule has 2 aliphatic heterocycles. The molecule has 0 radical (unpaired) electrons. The zero-order valence-electron chi connectivity index (χ0n) is 17.7. The molecule has 3 rings (SSSR count). The van der Waals surface area contributed by atoms with Gasteiger partial charge in [0, 0.05) is 38.7 Å². The normalized spacial score (nSPS) is 18.8. The molecular weight excluding hydrogens is 405 g/mol. The number of hydrogen-bond acceptors (Lipinski definition) is 5. The number of carbonyl (C=O) groups excluding carboxylic acids is 1. The zero-order chi connectivity index (χ0) is 22.4. The Morgan fingerprint density at radius 2 is 1.81 bits per heavy atom. The van der Waals surface area contributed by atoms with Gasteiger partial charge in [-0.05, 0) is 31.7 Å². The van der Waals surface area contributed by atoms with Crippen LogP contribution in [0.2, 0.25) is 0 Å². The Balaban J connectivity index is 1.51. The Morgan fingerprint density at radius 1 is 1.19 bits per heavy atom. The van der Waals surface area contributed by atoms with E-state index in [1.807, 2.05) is 15.1 Å². The van der Waals surface area contributed by atoms with E-state index in [4.69, 9.17) is 15.6 Å². The maximum absolute atomic E-state index is 15.0. The summed E-state index contributed by atoms with van der Waals surface area (Å²) in [6.45, 7) is 4.40. The van der Waals surface area contributed by atoms with Crippen molar-refractivity contribution in [2.45, 2.75) is 51.4 Å². The predicted octanol–water partition coefficient (Wildman–Crippen LogP) is 1.90. The lowest BCUT2D eigenvalue weighted by Gasteiger charge is -2.37. The van der Waals surface area contributed by atoms with Crippen LogP contribution in [0.15, 0.2) is 23.2 Å². The van der Waals surface area contributed by atoms with Crippen molar-refractivity contribution in [3.63, 3.8) is 0 Å². The Bertz CT molecular complexity index is 818. The van der Waals surface area contributed by atoms with Gasteiger partial charge in [0.05, 0.1) is 24.4 Å². The van der Waals surface area contributed by atoms with Gasteiger partial charge >= 0.3 is 6.09 Å². The molecule has 0 atom stereocenters. The summed E-state index contributed by atoms with van der Waals surface area (Å²) in [5.74, 6) is -0.530. The standard InChI is InChI=1S/C21H30FN5O4/c1-14(28)26-9-5-16(6-10-26)31-17-7-11-27(12-8-17)18-4-2-3-15(19(18)22)13-24-20(23)25-21(29)30/h2-4,16-17H,5-13H2,1H3,(H,29,30)(H3,23,24,25). The van der Waals surface area contributed by atoms with Crippen molar-refractivity contribution >= 4 is 23.6 Å². The second-order valence-corrected chi connectivity index (χ2v) is 7.91. The molecule has 2 amide bonds. The van der Waals surface area contributed by atoms with Crippen molar-refractivity contribution in [1.82, 2.24) is 10.2 Å². The first kappa shape index (κ1) is 22.8. The number of hydrogen-bond donors (Lipinski definition) is 3. The molecule has 0 spiro atoms. The minimum Gasteiger partial charge on any atom is -0.465 e. The van der Waals surface area contributed by atoms with Crippen molar-refractivity contribution < 1.29 is 23.8 Å². The van der Waals surface area contributed by atoms with Crippen molar-refractivity contribution in [3.8, 4) is 0 Å². The molecule has 0 unspecified atom stereocenters. The van der Waals surface area contributed by atoms with Crippen LogP contribution in [0.4, 0.5) is 14.9 Å². The first-order valence-electron chi connectivity index (χ1n) is 10.6. The minimum atomic E-state index is -1.31. The third kappa shape index (κ3) is 6.30. The molecule has 10 heteroatoms. The number of ether oxygens (including phenoxy) is 1. The molecule has 2 heterocycles. The number of benzene rings is 1. The fourth-order valence-electron chi connectivity index (χ4n) is 4.06. The van der Waals surface area contributed by atoms with Gasteiger partial charge in [0.25, 0.3) is 0 Å². The van der Waals surface area contributed by atoms with Crippen LogP contribution in [0.1, 0.15) is 38.2 Å². The van der Waals surface area contributed by atoms with Crippen molar-refractivity contribution in [1.29, 1.82) is 0 Å². The van der Waals surface area contributed by atoms with Crippen LogP contribution in [0, 0.1) is 5.82 Å². The molecule has 170 valence electrons. The van der Waals surface area contributed by atoms with Crippen LogP contribution in [-0.2, 0) is 16.1 Å². The smallest absolute Gasteiger partial charge is 0.411 e. The number of carbonyl (C=O) groups is 2. The van der Waals surface area contributed by atoms with Gasteiger partial charge in [0.15, 0.2) is 11.8 Å². The fourth-order valence-corrected chi connectivity index (χ4v) is 4.06. The number of amides is 2. The highest BCUT2D eigenvalue weighted by Crippen LogP contribution is 2.28. The molecule has 1 aromatic carbocycles. The molecule has 9 nitrogen and oxygen atoms in total. The molecule has 2 fully saturated rings. The van der Waals surface area contributed by atoms with E-state index in [-0.39, 0.29) is 36.4 Å². The highest BCUT2D eigenvalue weighted by molar-refractivity contribution is 5.91. The number of aliphatic imine (C=N–C) groups is 1. The fraction of sp³-hybridized carbons (Fsp3) is 0.571. The second-order valence-electron chi connectivity index (χ2n) is 7.91. The van der Waals surface area contributed by atoms with Gasteiger partial charge in [0.1, 0.15) is 0 Å². The average Bonchev–Trinajstić information content (AvgIpc) is 2.73. The van der Waals surface area contributed by atoms with Crippen LogP contribution >= 0.6 is 0 Å². The number of guanidine groups is 1. The summed E-state index contributed by atoms with van der Waals surface area (Å²) in [4.78, 5) is 29.7. The van der Waals surface area contributed by atoms with Crippen molar-refractivity contribution in [2.24, 2.45) is 10.7 Å². The molecule has 0 aromatic heterocycles. The van der Waals surface area contributed by atoms with E-state index in [2.05, 4.69) is 4.99 Å².